The van der Waals surface area contributed by atoms with Gasteiger partial charge in [-0.1, -0.05) is 30.7 Å². The smallest absolute Gasteiger partial charge is 0.0309 e. The van der Waals surface area contributed by atoms with Gasteiger partial charge in [0.1, 0.15) is 0 Å². The molecular weight excluding hydrogens is 402 g/mol. The predicted molar refractivity (Wildman–Crippen MR) is 138 cm³/mol. The molecule has 3 nitrogen and oxygen atoms in total. The van der Waals surface area contributed by atoms with Crippen molar-refractivity contribution in [2.75, 3.05) is 39.3 Å². The van der Waals surface area contributed by atoms with E-state index in [0.717, 1.165) is 41.8 Å². The molecule has 184 valence electrons. The van der Waals surface area contributed by atoms with Gasteiger partial charge in [0.15, 0.2) is 0 Å². The lowest BCUT2D eigenvalue weighted by Crippen LogP contribution is -2.51. The van der Waals surface area contributed by atoms with Crippen molar-refractivity contribution in [1.82, 2.24) is 14.7 Å². The van der Waals surface area contributed by atoms with Crippen LogP contribution in [-0.4, -0.2) is 72.1 Å². The summed E-state index contributed by atoms with van der Waals surface area (Å²) in [7, 11) is 0. The molecule has 0 aromatic rings. The van der Waals surface area contributed by atoms with Crippen LogP contribution in [0.3, 0.4) is 0 Å². The molecule has 0 aliphatic carbocycles. The van der Waals surface area contributed by atoms with Crippen LogP contribution in [0.25, 0.3) is 0 Å². The molecule has 6 rings (SSSR count). The van der Waals surface area contributed by atoms with Crippen molar-refractivity contribution < 1.29 is 0 Å². The van der Waals surface area contributed by atoms with Crippen molar-refractivity contribution in [1.29, 1.82) is 0 Å². The van der Waals surface area contributed by atoms with E-state index in [1.54, 1.807) is 5.57 Å². The number of piperidine rings is 4. The summed E-state index contributed by atoms with van der Waals surface area (Å²) < 4.78 is 0. The van der Waals surface area contributed by atoms with E-state index in [4.69, 9.17) is 0 Å². The van der Waals surface area contributed by atoms with Crippen molar-refractivity contribution in [2.24, 2.45) is 23.7 Å². The van der Waals surface area contributed by atoms with E-state index in [-0.39, 0.29) is 0 Å². The molecule has 0 radical (unpaired) electrons. The predicted octanol–water partition coefficient (Wildman–Crippen LogP) is 5.73. The van der Waals surface area contributed by atoms with E-state index in [1.165, 1.54) is 116 Å². The van der Waals surface area contributed by atoms with E-state index >= 15 is 0 Å². The normalized spacial score (nSPS) is 42.8. The Bertz CT molecular complexity index is 728. The Morgan fingerprint density at radius 1 is 0.848 bits per heavy atom. The average Bonchev–Trinajstić information content (AvgIpc) is 2.84. The molecule has 6 heterocycles. The Morgan fingerprint density at radius 2 is 1.67 bits per heavy atom. The van der Waals surface area contributed by atoms with Gasteiger partial charge in [0.2, 0.25) is 0 Å². The summed E-state index contributed by atoms with van der Waals surface area (Å²) in [5.74, 6) is 3.74. The highest BCUT2D eigenvalue weighted by Crippen LogP contribution is 2.39. The fourth-order valence-electron chi connectivity index (χ4n) is 8.90. The quantitative estimate of drug-likeness (QED) is 0.506. The van der Waals surface area contributed by atoms with E-state index < -0.39 is 0 Å². The Balaban J connectivity index is 1.00. The molecule has 0 N–H and O–H groups in total. The van der Waals surface area contributed by atoms with E-state index in [1.807, 2.05) is 0 Å². The highest BCUT2D eigenvalue weighted by Gasteiger charge is 2.37. The Kier molecular flexibility index (Phi) is 7.01. The molecule has 0 spiro atoms. The van der Waals surface area contributed by atoms with Crippen LogP contribution < -0.4 is 0 Å². The molecule has 4 saturated heterocycles. The first-order chi connectivity index (χ1) is 16.2. The Labute approximate surface area is 203 Å². The lowest BCUT2D eigenvalue weighted by molar-refractivity contribution is 0.0249. The van der Waals surface area contributed by atoms with Crippen molar-refractivity contribution in [3.05, 3.63) is 23.8 Å². The van der Waals surface area contributed by atoms with Gasteiger partial charge in [0.05, 0.1) is 0 Å². The van der Waals surface area contributed by atoms with Crippen molar-refractivity contribution in [2.45, 2.75) is 102 Å². The molecule has 6 aliphatic rings. The highest BCUT2D eigenvalue weighted by molar-refractivity contribution is 5.15. The molecule has 0 amide bonds. The van der Waals surface area contributed by atoms with Gasteiger partial charge in [0, 0.05) is 44.3 Å². The summed E-state index contributed by atoms with van der Waals surface area (Å²) >= 11 is 0. The summed E-state index contributed by atoms with van der Waals surface area (Å²) in [6.07, 6.45) is 24.9. The third kappa shape index (κ3) is 5.02. The van der Waals surface area contributed by atoms with Crippen molar-refractivity contribution in [3.8, 4) is 0 Å². The zero-order valence-electron chi connectivity index (χ0n) is 21.3. The highest BCUT2D eigenvalue weighted by atomic mass is 15.2. The molecule has 3 heteroatoms. The minimum atomic E-state index is 0.736. The van der Waals surface area contributed by atoms with Gasteiger partial charge >= 0.3 is 0 Å². The van der Waals surface area contributed by atoms with Gasteiger partial charge in [-0.15, -0.1) is 0 Å². The van der Waals surface area contributed by atoms with Crippen LogP contribution >= 0.6 is 0 Å². The summed E-state index contributed by atoms with van der Waals surface area (Å²) in [5.41, 5.74) is 1.80. The van der Waals surface area contributed by atoms with Gasteiger partial charge in [-0.05, 0) is 114 Å². The molecule has 0 aromatic carbocycles. The minimum Gasteiger partial charge on any atom is -0.300 e. The second-order valence-electron chi connectivity index (χ2n) is 12.8. The number of hydrogen-bond donors (Lipinski definition) is 0. The Hall–Kier alpha value is -0.640. The van der Waals surface area contributed by atoms with Crippen molar-refractivity contribution >= 4 is 0 Å². The summed E-state index contributed by atoms with van der Waals surface area (Å²) in [6, 6.07) is 2.50. The topological polar surface area (TPSA) is 9.72 Å². The molecule has 7 unspecified atom stereocenters. The zero-order valence-corrected chi connectivity index (χ0v) is 21.3. The maximum Gasteiger partial charge on any atom is 0.0309 e. The van der Waals surface area contributed by atoms with Crippen LogP contribution in [0, 0.1) is 23.7 Å². The number of nitrogens with zero attached hydrogens (tertiary/aromatic N) is 3. The monoisotopic (exact) mass is 451 g/mol. The van der Waals surface area contributed by atoms with Crippen LogP contribution in [0.15, 0.2) is 23.8 Å². The fourth-order valence-corrected chi connectivity index (χ4v) is 8.90. The molecule has 33 heavy (non-hydrogen) atoms. The zero-order chi connectivity index (χ0) is 22.2. The minimum absolute atomic E-state index is 0.736. The Morgan fingerprint density at radius 3 is 2.61 bits per heavy atom. The summed E-state index contributed by atoms with van der Waals surface area (Å²) in [6.45, 7) is 10.6. The SMILES string of the molecule is CC1CCCN2CC(CC3CCC4CC(CC5CCCN6CCC=CC56)=CCN4C3)CCC12. The summed E-state index contributed by atoms with van der Waals surface area (Å²) in [4.78, 5) is 8.53. The van der Waals surface area contributed by atoms with Crippen LogP contribution in [0.5, 0.6) is 0 Å². The van der Waals surface area contributed by atoms with Gasteiger partial charge in [0.25, 0.3) is 0 Å². The molecule has 0 aromatic heterocycles. The lowest BCUT2D eigenvalue weighted by atomic mass is 9.76. The maximum absolute atomic E-state index is 2.89. The van der Waals surface area contributed by atoms with Gasteiger partial charge in [-0.2, -0.15) is 0 Å². The van der Waals surface area contributed by atoms with E-state index in [0.29, 0.717) is 0 Å². The third-order valence-corrected chi connectivity index (χ3v) is 10.7. The maximum atomic E-state index is 2.89. The second kappa shape index (κ2) is 10.2. The molecule has 6 aliphatic heterocycles. The first-order valence-electron chi connectivity index (χ1n) is 14.8. The summed E-state index contributed by atoms with van der Waals surface area (Å²) in [5, 5.41) is 0. The first kappa shape index (κ1) is 22.8. The number of fused-ring (bicyclic) bond motifs is 3. The second-order valence-corrected chi connectivity index (χ2v) is 12.8. The van der Waals surface area contributed by atoms with Crippen LogP contribution in [-0.2, 0) is 0 Å². The third-order valence-electron chi connectivity index (χ3n) is 10.7. The van der Waals surface area contributed by atoms with E-state index in [9.17, 15) is 0 Å². The van der Waals surface area contributed by atoms with Gasteiger partial charge < -0.3 is 0 Å². The number of rotatable bonds is 4. The average molecular weight is 452 g/mol. The molecule has 0 saturated carbocycles. The van der Waals surface area contributed by atoms with Crippen LogP contribution in [0.2, 0.25) is 0 Å². The molecule has 0 bridgehead atoms. The van der Waals surface area contributed by atoms with E-state index in [2.05, 4.69) is 39.9 Å². The van der Waals surface area contributed by atoms with Gasteiger partial charge in [-0.3, -0.25) is 14.7 Å². The lowest BCUT2D eigenvalue weighted by Gasteiger charge is -2.48. The van der Waals surface area contributed by atoms with Crippen molar-refractivity contribution in [3.63, 3.8) is 0 Å². The molecule has 7 atom stereocenters. The van der Waals surface area contributed by atoms with Gasteiger partial charge in [-0.25, -0.2) is 0 Å². The largest absolute Gasteiger partial charge is 0.300 e. The van der Waals surface area contributed by atoms with Crippen LogP contribution in [0.1, 0.15) is 84.0 Å². The number of hydrogen-bond acceptors (Lipinski definition) is 3. The van der Waals surface area contributed by atoms with Crippen LogP contribution in [0.4, 0.5) is 0 Å². The molecular formula is C30H49N3. The molecule has 4 fully saturated rings. The standard InChI is InChI=1S/C30H49N3/c1-23-6-4-16-33-22-26(10-12-29(23)33)18-25-9-11-28-20-24(13-17-32(28)21-25)19-27-7-5-15-31-14-3-2-8-30(27)31/h2,8,13,23,25-30H,3-7,9-12,14-22H2,1H3. The fraction of sp³-hybridized carbons (Fsp3) is 0.867. The first-order valence-corrected chi connectivity index (χ1v) is 14.8.